The van der Waals surface area contributed by atoms with Gasteiger partial charge in [0.25, 0.3) is 0 Å². The summed E-state index contributed by atoms with van der Waals surface area (Å²) in [5.41, 5.74) is 1.84. The van der Waals surface area contributed by atoms with Crippen molar-refractivity contribution in [1.29, 1.82) is 0 Å². The van der Waals surface area contributed by atoms with E-state index in [-0.39, 0.29) is 5.78 Å². The molecule has 0 aliphatic carbocycles. The van der Waals surface area contributed by atoms with Crippen LogP contribution in [0.4, 0.5) is 0 Å². The Hall–Kier alpha value is -1.64. The summed E-state index contributed by atoms with van der Waals surface area (Å²) >= 11 is 0. The third-order valence-corrected chi connectivity index (χ3v) is 3.75. The van der Waals surface area contributed by atoms with Crippen molar-refractivity contribution < 1.29 is 9.21 Å². The van der Waals surface area contributed by atoms with Crippen LogP contribution in [0.1, 0.15) is 56.0 Å². The number of carbonyl (C=O) groups excluding carboxylic acids is 1. The van der Waals surface area contributed by atoms with Gasteiger partial charge in [-0.25, -0.2) is 0 Å². The minimum absolute atomic E-state index is 0.0640. The van der Waals surface area contributed by atoms with Crippen LogP contribution in [0.5, 0.6) is 0 Å². The van der Waals surface area contributed by atoms with Crippen LogP contribution in [0.2, 0.25) is 0 Å². The molecule has 2 atom stereocenters. The lowest BCUT2D eigenvalue weighted by atomic mass is 9.90. The Kier molecular flexibility index (Phi) is 5.28. The maximum absolute atomic E-state index is 11.3. The van der Waals surface area contributed by atoms with E-state index in [1.165, 1.54) is 6.92 Å². The summed E-state index contributed by atoms with van der Waals surface area (Å²) in [6.07, 6.45) is 3.06. The van der Waals surface area contributed by atoms with Crippen molar-refractivity contribution in [2.75, 3.05) is 0 Å². The molecule has 1 heterocycles. The number of aliphatic imine (C=N–C) groups is 1. The summed E-state index contributed by atoms with van der Waals surface area (Å²) in [6, 6.07) is 1.77. The first kappa shape index (κ1) is 15.4. The van der Waals surface area contributed by atoms with E-state index < -0.39 is 0 Å². The molecule has 3 nitrogen and oxygen atoms in total. The molecule has 104 valence electrons. The molecule has 19 heavy (non-hydrogen) atoms. The van der Waals surface area contributed by atoms with Gasteiger partial charge in [-0.2, -0.15) is 0 Å². The normalized spacial score (nSPS) is 15.1. The SMILES string of the molecule is C=NC(=Cc1cc(C(C)=O)oc1C)C(C)C(C)CC. The van der Waals surface area contributed by atoms with E-state index in [9.17, 15) is 4.79 Å². The molecule has 3 heteroatoms. The average molecular weight is 261 g/mol. The first-order valence-electron chi connectivity index (χ1n) is 6.70. The molecule has 0 aliphatic rings. The van der Waals surface area contributed by atoms with Gasteiger partial charge < -0.3 is 4.42 Å². The van der Waals surface area contributed by atoms with E-state index in [1.807, 2.05) is 13.0 Å². The van der Waals surface area contributed by atoms with Gasteiger partial charge in [0, 0.05) is 24.1 Å². The summed E-state index contributed by atoms with van der Waals surface area (Å²) < 4.78 is 5.43. The van der Waals surface area contributed by atoms with Gasteiger partial charge in [0.15, 0.2) is 11.5 Å². The standard InChI is InChI=1S/C16H23NO2/c1-7-10(2)11(3)15(17-6)8-14-9-16(12(4)18)19-13(14)5/h8-11H,6-7H2,1-5H3. The number of furan rings is 1. The second-order valence-electron chi connectivity index (χ2n) is 5.08. The first-order valence-corrected chi connectivity index (χ1v) is 6.70. The van der Waals surface area contributed by atoms with Crippen molar-refractivity contribution in [3.05, 3.63) is 28.8 Å². The minimum atomic E-state index is -0.0640. The number of hydrogen-bond acceptors (Lipinski definition) is 3. The van der Waals surface area contributed by atoms with Crippen LogP contribution in [0.3, 0.4) is 0 Å². The fourth-order valence-corrected chi connectivity index (χ4v) is 1.94. The van der Waals surface area contributed by atoms with Gasteiger partial charge in [-0.05, 0) is 31.7 Å². The molecule has 0 fully saturated rings. The van der Waals surface area contributed by atoms with E-state index in [0.717, 1.165) is 23.4 Å². The highest BCUT2D eigenvalue weighted by Crippen LogP contribution is 2.27. The Morgan fingerprint density at radius 2 is 2.16 bits per heavy atom. The number of allylic oxidation sites excluding steroid dienone is 1. The van der Waals surface area contributed by atoms with Gasteiger partial charge in [0.1, 0.15) is 5.76 Å². The second kappa shape index (κ2) is 6.50. The number of ketones is 1. The Morgan fingerprint density at radius 1 is 1.53 bits per heavy atom. The maximum atomic E-state index is 11.3. The molecular weight excluding hydrogens is 238 g/mol. The van der Waals surface area contributed by atoms with E-state index in [4.69, 9.17) is 4.42 Å². The molecule has 0 N–H and O–H groups in total. The van der Waals surface area contributed by atoms with Gasteiger partial charge in [0.05, 0.1) is 0 Å². The molecule has 0 amide bonds. The van der Waals surface area contributed by atoms with Crippen molar-refractivity contribution in [2.24, 2.45) is 16.8 Å². The number of nitrogens with zero attached hydrogens (tertiary/aromatic N) is 1. The van der Waals surface area contributed by atoms with E-state index >= 15 is 0 Å². The minimum Gasteiger partial charge on any atom is -0.458 e. The maximum Gasteiger partial charge on any atom is 0.194 e. The van der Waals surface area contributed by atoms with E-state index in [0.29, 0.717) is 17.6 Å². The Bertz CT molecular complexity index is 497. The molecule has 0 aliphatic heterocycles. The molecule has 0 saturated heterocycles. The van der Waals surface area contributed by atoms with Crippen LogP contribution in [-0.2, 0) is 0 Å². The van der Waals surface area contributed by atoms with Crippen LogP contribution >= 0.6 is 0 Å². The number of Topliss-reactive ketones (excluding diaryl/α,β-unsaturated/α-hetero) is 1. The molecule has 0 spiro atoms. The van der Waals surface area contributed by atoms with Crippen LogP contribution < -0.4 is 0 Å². The third kappa shape index (κ3) is 3.66. The largest absolute Gasteiger partial charge is 0.458 e. The number of rotatable bonds is 6. The highest BCUT2D eigenvalue weighted by atomic mass is 16.3. The Balaban J connectivity index is 3.10. The Morgan fingerprint density at radius 3 is 2.58 bits per heavy atom. The fraction of sp³-hybridized carbons (Fsp3) is 0.500. The lowest BCUT2D eigenvalue weighted by Crippen LogP contribution is -2.08. The molecule has 0 radical (unpaired) electrons. The summed E-state index contributed by atoms with van der Waals surface area (Å²) in [5.74, 6) is 1.94. The van der Waals surface area contributed by atoms with Crippen LogP contribution in [-0.4, -0.2) is 12.5 Å². The summed E-state index contributed by atoms with van der Waals surface area (Å²) in [6.45, 7) is 13.5. The van der Waals surface area contributed by atoms with Gasteiger partial charge in [0.2, 0.25) is 0 Å². The summed E-state index contributed by atoms with van der Waals surface area (Å²) in [4.78, 5) is 15.4. The van der Waals surface area contributed by atoms with Gasteiger partial charge in [-0.3, -0.25) is 9.79 Å². The van der Waals surface area contributed by atoms with Crippen molar-refractivity contribution in [3.63, 3.8) is 0 Å². The molecule has 0 saturated carbocycles. The smallest absolute Gasteiger partial charge is 0.194 e. The van der Waals surface area contributed by atoms with Crippen molar-refractivity contribution >= 4 is 18.6 Å². The highest BCUT2D eigenvalue weighted by molar-refractivity contribution is 5.92. The number of carbonyl (C=O) groups is 1. The lowest BCUT2D eigenvalue weighted by Gasteiger charge is -2.18. The summed E-state index contributed by atoms with van der Waals surface area (Å²) in [5, 5.41) is 0. The average Bonchev–Trinajstić information content (AvgIpc) is 2.75. The molecule has 1 aromatic rings. The van der Waals surface area contributed by atoms with Crippen LogP contribution in [0, 0.1) is 18.8 Å². The van der Waals surface area contributed by atoms with E-state index in [1.54, 1.807) is 6.07 Å². The van der Waals surface area contributed by atoms with Crippen molar-refractivity contribution in [3.8, 4) is 0 Å². The third-order valence-electron chi connectivity index (χ3n) is 3.75. The zero-order chi connectivity index (χ0) is 14.6. The first-order chi connectivity index (χ1) is 8.90. The fourth-order valence-electron chi connectivity index (χ4n) is 1.94. The van der Waals surface area contributed by atoms with Gasteiger partial charge in [-0.1, -0.05) is 27.2 Å². The van der Waals surface area contributed by atoms with Gasteiger partial charge in [-0.15, -0.1) is 0 Å². The summed E-state index contributed by atoms with van der Waals surface area (Å²) in [7, 11) is 0. The molecule has 2 unspecified atom stereocenters. The molecule has 1 rings (SSSR count). The highest BCUT2D eigenvalue weighted by Gasteiger charge is 2.16. The molecule has 1 aromatic heterocycles. The van der Waals surface area contributed by atoms with Gasteiger partial charge >= 0.3 is 0 Å². The number of hydrogen-bond donors (Lipinski definition) is 0. The predicted molar refractivity (Wildman–Crippen MR) is 79.6 cm³/mol. The van der Waals surface area contributed by atoms with Crippen LogP contribution in [0.25, 0.3) is 6.08 Å². The molecule has 0 bridgehead atoms. The van der Waals surface area contributed by atoms with Crippen molar-refractivity contribution in [1.82, 2.24) is 0 Å². The Labute approximate surface area is 115 Å². The predicted octanol–water partition coefficient (Wildman–Crippen LogP) is 4.51. The topological polar surface area (TPSA) is 42.6 Å². The quantitative estimate of drug-likeness (QED) is 0.558. The number of aryl methyl sites for hydroxylation is 1. The zero-order valence-corrected chi connectivity index (χ0v) is 12.5. The van der Waals surface area contributed by atoms with Crippen molar-refractivity contribution in [2.45, 2.75) is 41.0 Å². The molecule has 0 aromatic carbocycles. The molecular formula is C16H23NO2. The van der Waals surface area contributed by atoms with Crippen LogP contribution in [0.15, 0.2) is 21.2 Å². The zero-order valence-electron chi connectivity index (χ0n) is 12.5. The monoisotopic (exact) mass is 261 g/mol. The second-order valence-corrected chi connectivity index (χ2v) is 5.08. The van der Waals surface area contributed by atoms with E-state index in [2.05, 4.69) is 32.5 Å². The lowest BCUT2D eigenvalue weighted by molar-refractivity contribution is 0.0986.